The molecule has 0 atom stereocenters. The van der Waals surface area contributed by atoms with E-state index in [1.54, 1.807) is 12.1 Å². The van der Waals surface area contributed by atoms with Crippen LogP contribution in [-0.4, -0.2) is 22.3 Å². The van der Waals surface area contributed by atoms with Crippen LogP contribution in [0.1, 0.15) is 78.2 Å². The summed E-state index contributed by atoms with van der Waals surface area (Å²) in [5, 5.41) is -1.15. The van der Waals surface area contributed by atoms with Crippen LogP contribution in [0.25, 0.3) is 0 Å². The molecule has 0 aliphatic carbocycles. The van der Waals surface area contributed by atoms with Gasteiger partial charge in [-0.3, -0.25) is 19.2 Å². The topological polar surface area (TPSA) is 120 Å². The molecule has 0 aromatic heterocycles. The van der Waals surface area contributed by atoms with Crippen LogP contribution in [-0.2, 0) is 12.8 Å². The van der Waals surface area contributed by atoms with Crippen molar-refractivity contribution in [2.75, 3.05) is 0 Å². The van der Waals surface area contributed by atoms with Gasteiger partial charge in [0, 0.05) is 22.3 Å². The third-order valence-corrected chi connectivity index (χ3v) is 5.25. The molecule has 0 aliphatic heterocycles. The first-order valence-electron chi connectivity index (χ1n) is 9.45. The number of hydrogen-bond acceptors (Lipinski definition) is 4. The van der Waals surface area contributed by atoms with Crippen LogP contribution in [0.5, 0.6) is 0 Å². The number of carbonyl (C=O) groups excluding carboxylic acids is 4. The summed E-state index contributed by atoms with van der Waals surface area (Å²) in [4.78, 5) is 45.9. The van der Waals surface area contributed by atoms with E-state index in [1.165, 1.54) is 24.3 Å². The van der Waals surface area contributed by atoms with Gasteiger partial charge in [0.05, 0.1) is 0 Å². The fourth-order valence-corrected chi connectivity index (χ4v) is 3.64. The summed E-state index contributed by atoms with van der Waals surface area (Å²) in [7, 11) is 0. The third kappa shape index (κ3) is 6.40. The lowest BCUT2D eigenvalue weighted by Crippen LogP contribution is -2.12. The van der Waals surface area contributed by atoms with E-state index in [1.807, 2.05) is 0 Å². The van der Waals surface area contributed by atoms with Gasteiger partial charge in [0.2, 0.25) is 11.8 Å². The molecule has 158 valence electrons. The molecule has 2 aromatic rings. The van der Waals surface area contributed by atoms with Crippen molar-refractivity contribution >= 4 is 45.5 Å². The number of carbonyl (C=O) groups is 4. The summed E-state index contributed by atoms with van der Waals surface area (Å²) in [6.07, 6.45) is 4.44. The Labute approximate surface area is 184 Å². The van der Waals surface area contributed by atoms with E-state index in [4.69, 9.17) is 34.7 Å². The van der Waals surface area contributed by atoms with Gasteiger partial charge < -0.3 is 11.5 Å². The van der Waals surface area contributed by atoms with E-state index in [2.05, 4.69) is 0 Å². The second-order valence-electron chi connectivity index (χ2n) is 6.93. The molecule has 0 heterocycles. The van der Waals surface area contributed by atoms with Gasteiger partial charge in [-0.15, -0.1) is 0 Å². The van der Waals surface area contributed by atoms with E-state index in [-0.39, 0.29) is 0 Å². The number of halogens is 2. The fraction of sp³-hybridized carbons (Fsp3) is 0.273. The zero-order chi connectivity index (χ0) is 22.3. The Balaban J connectivity index is 1.93. The first kappa shape index (κ1) is 23.6. The number of benzene rings is 2. The number of amides is 2. The lowest BCUT2D eigenvalue weighted by atomic mass is 9.96. The molecule has 0 unspecified atom stereocenters. The third-order valence-electron chi connectivity index (χ3n) is 4.85. The predicted octanol–water partition coefficient (Wildman–Crippen LogP) is 3.99. The SMILES string of the molecule is NC(=O)c1ccc(C(=O)Cl)c(CCCCCCc2cc(C(N)=O)ccc2C(=O)Cl)c1. The van der Waals surface area contributed by atoms with Gasteiger partial charge in [-0.25, -0.2) is 0 Å². The highest BCUT2D eigenvalue weighted by molar-refractivity contribution is 6.68. The fourth-order valence-electron chi connectivity index (χ4n) is 3.28. The highest BCUT2D eigenvalue weighted by Gasteiger charge is 2.13. The van der Waals surface area contributed by atoms with Crippen LogP contribution in [0.4, 0.5) is 0 Å². The number of primary amides is 2. The smallest absolute Gasteiger partial charge is 0.252 e. The molecule has 30 heavy (non-hydrogen) atoms. The monoisotopic (exact) mass is 448 g/mol. The molecule has 0 saturated heterocycles. The average Bonchev–Trinajstić information content (AvgIpc) is 2.69. The second-order valence-corrected chi connectivity index (χ2v) is 7.62. The Hall–Kier alpha value is -2.70. The maximum absolute atomic E-state index is 11.6. The van der Waals surface area contributed by atoms with Gasteiger partial charge in [0.15, 0.2) is 0 Å². The van der Waals surface area contributed by atoms with Crippen LogP contribution in [0, 0.1) is 0 Å². The van der Waals surface area contributed by atoms with Crippen molar-refractivity contribution in [2.45, 2.75) is 38.5 Å². The summed E-state index contributed by atoms with van der Waals surface area (Å²) in [6.45, 7) is 0. The Morgan fingerprint density at radius 3 is 1.30 bits per heavy atom. The molecule has 6 nitrogen and oxygen atoms in total. The Bertz CT molecular complexity index is 910. The van der Waals surface area contributed by atoms with Gasteiger partial charge in [-0.2, -0.15) is 0 Å². The maximum atomic E-state index is 11.6. The van der Waals surface area contributed by atoms with Crippen molar-refractivity contribution < 1.29 is 19.2 Å². The molecule has 0 aliphatic rings. The minimum Gasteiger partial charge on any atom is -0.366 e. The molecule has 2 rings (SSSR count). The summed E-state index contributed by atoms with van der Waals surface area (Å²) in [6, 6.07) is 9.20. The van der Waals surface area contributed by atoms with Crippen molar-refractivity contribution in [2.24, 2.45) is 11.5 Å². The molecular weight excluding hydrogens is 427 g/mol. The average molecular weight is 449 g/mol. The first-order valence-corrected chi connectivity index (χ1v) is 10.2. The Morgan fingerprint density at radius 1 is 0.633 bits per heavy atom. The van der Waals surface area contributed by atoms with E-state index >= 15 is 0 Å². The summed E-state index contributed by atoms with van der Waals surface area (Å²) in [5.41, 5.74) is 13.4. The zero-order valence-electron chi connectivity index (χ0n) is 16.3. The number of unbranched alkanes of at least 4 members (excludes halogenated alkanes) is 3. The van der Waals surface area contributed by atoms with Crippen molar-refractivity contribution in [3.63, 3.8) is 0 Å². The van der Waals surface area contributed by atoms with Gasteiger partial charge in [-0.05, 0) is 96.4 Å². The normalized spacial score (nSPS) is 10.6. The van der Waals surface area contributed by atoms with E-state index in [0.29, 0.717) is 46.2 Å². The van der Waals surface area contributed by atoms with Crippen LogP contribution in [0.3, 0.4) is 0 Å². The molecule has 2 aromatic carbocycles. The Morgan fingerprint density at radius 2 is 1.00 bits per heavy atom. The minimum absolute atomic E-state index is 0.333. The molecule has 0 radical (unpaired) electrons. The second kappa shape index (κ2) is 10.9. The number of rotatable bonds is 11. The van der Waals surface area contributed by atoms with E-state index < -0.39 is 22.3 Å². The van der Waals surface area contributed by atoms with Crippen LogP contribution in [0.2, 0.25) is 0 Å². The maximum Gasteiger partial charge on any atom is 0.252 e. The number of aryl methyl sites for hydroxylation is 2. The molecular formula is C22H22Cl2N2O4. The van der Waals surface area contributed by atoms with Crippen molar-refractivity contribution in [3.8, 4) is 0 Å². The molecule has 0 saturated carbocycles. The predicted molar refractivity (Wildman–Crippen MR) is 116 cm³/mol. The van der Waals surface area contributed by atoms with Crippen molar-refractivity contribution in [1.82, 2.24) is 0 Å². The van der Waals surface area contributed by atoms with Gasteiger partial charge >= 0.3 is 0 Å². The van der Waals surface area contributed by atoms with Gasteiger partial charge in [-0.1, -0.05) is 12.8 Å². The summed E-state index contributed by atoms with van der Waals surface area (Å²) < 4.78 is 0. The molecule has 0 spiro atoms. The van der Waals surface area contributed by atoms with Crippen LogP contribution < -0.4 is 11.5 Å². The Kier molecular flexibility index (Phi) is 8.57. The quantitative estimate of drug-likeness (QED) is 0.398. The zero-order valence-corrected chi connectivity index (χ0v) is 17.8. The highest BCUT2D eigenvalue weighted by Crippen LogP contribution is 2.20. The summed E-state index contributed by atoms with van der Waals surface area (Å²) >= 11 is 11.2. The van der Waals surface area contributed by atoms with Gasteiger partial charge in [0.25, 0.3) is 10.5 Å². The van der Waals surface area contributed by atoms with E-state index in [9.17, 15) is 19.2 Å². The lowest BCUT2D eigenvalue weighted by Gasteiger charge is -2.09. The molecule has 0 fully saturated rings. The number of hydrogen-bond donors (Lipinski definition) is 2. The lowest BCUT2D eigenvalue weighted by molar-refractivity contribution is 0.0991. The number of nitrogens with two attached hydrogens (primary N) is 2. The molecule has 4 N–H and O–H groups in total. The highest BCUT2D eigenvalue weighted by atomic mass is 35.5. The molecule has 8 heteroatoms. The van der Waals surface area contributed by atoms with Crippen molar-refractivity contribution in [1.29, 1.82) is 0 Å². The first-order chi connectivity index (χ1) is 14.2. The van der Waals surface area contributed by atoms with Crippen LogP contribution >= 0.6 is 23.2 Å². The molecule has 0 bridgehead atoms. The van der Waals surface area contributed by atoms with E-state index in [0.717, 1.165) is 25.7 Å². The minimum atomic E-state index is -0.575. The largest absolute Gasteiger partial charge is 0.366 e. The van der Waals surface area contributed by atoms with Gasteiger partial charge in [0.1, 0.15) is 0 Å². The van der Waals surface area contributed by atoms with Crippen LogP contribution in [0.15, 0.2) is 36.4 Å². The summed E-state index contributed by atoms with van der Waals surface area (Å²) in [5.74, 6) is -1.12. The standard InChI is InChI=1S/C22H22Cl2N2O4/c23-19(27)17-9-7-15(21(25)29)11-13(17)5-3-1-2-4-6-14-12-16(22(26)30)8-10-18(14)20(24)28/h7-12H,1-6H2,(H2,25,29)(H2,26,30). The van der Waals surface area contributed by atoms with Crippen molar-refractivity contribution in [3.05, 3.63) is 69.8 Å². The molecule has 2 amide bonds.